The van der Waals surface area contributed by atoms with Gasteiger partial charge in [0.2, 0.25) is 0 Å². The lowest BCUT2D eigenvalue weighted by molar-refractivity contribution is -0.147. The molecule has 202 valence electrons. The number of carbonyl (C=O) groups is 2. The molecule has 2 aliphatic carbocycles. The van der Waals surface area contributed by atoms with Gasteiger partial charge in [0.1, 0.15) is 23.7 Å². The molecule has 0 saturated heterocycles. The molecular weight excluding hydrogens is 474 g/mol. The standard InChI is InChI=1S/C27H39N5O5/c1-5-6-15-31(2)27(34)36-17-22-25(29-30-32(22)3)21-13-14-23(24(28-21)18-9-7-10-18)37-20-12-8-11-19(16-20)26(33)35-4/h13-14,18-20H,5-12,15-17H2,1-4H3/t19-,20-/m0/s1. The lowest BCUT2D eigenvalue weighted by Crippen LogP contribution is -2.30. The maximum absolute atomic E-state index is 12.4. The number of carbonyl (C=O) groups excluding carboxylic acids is 2. The molecule has 10 nitrogen and oxygen atoms in total. The number of unbranched alkanes of at least 4 members (excludes halogenated alkanes) is 1. The number of esters is 1. The monoisotopic (exact) mass is 513 g/mol. The molecule has 0 aliphatic heterocycles. The van der Waals surface area contributed by atoms with Crippen LogP contribution in [0.15, 0.2) is 12.1 Å². The second kappa shape index (κ2) is 12.4. The van der Waals surface area contributed by atoms with Gasteiger partial charge in [-0.25, -0.2) is 14.5 Å². The van der Waals surface area contributed by atoms with Crippen molar-refractivity contribution in [3.63, 3.8) is 0 Å². The van der Waals surface area contributed by atoms with Crippen molar-refractivity contribution in [3.8, 4) is 17.1 Å². The quantitative estimate of drug-likeness (QED) is 0.423. The molecule has 2 fully saturated rings. The molecule has 37 heavy (non-hydrogen) atoms. The van der Waals surface area contributed by atoms with Crippen molar-refractivity contribution in [1.29, 1.82) is 0 Å². The number of methoxy groups -OCH3 is 1. The molecule has 2 atom stereocenters. The Kier molecular flexibility index (Phi) is 9.00. The van der Waals surface area contributed by atoms with Gasteiger partial charge in [-0.1, -0.05) is 25.0 Å². The van der Waals surface area contributed by atoms with E-state index in [0.717, 1.165) is 56.4 Å². The average Bonchev–Trinajstić information content (AvgIpc) is 3.25. The SMILES string of the molecule is CCCCN(C)C(=O)OCc1c(-c2ccc(O[C@H]3CCC[C@H](C(=O)OC)C3)c(C3CCC3)n2)nnn1C. The zero-order valence-corrected chi connectivity index (χ0v) is 22.4. The minimum absolute atomic E-state index is 0.0412. The van der Waals surface area contributed by atoms with Gasteiger partial charge in [0, 0.05) is 26.6 Å². The Morgan fingerprint density at radius 1 is 1.16 bits per heavy atom. The Hall–Kier alpha value is -3.17. The van der Waals surface area contributed by atoms with E-state index in [-0.39, 0.29) is 30.7 Å². The van der Waals surface area contributed by atoms with Gasteiger partial charge in [-0.3, -0.25) is 4.79 Å². The van der Waals surface area contributed by atoms with Crippen molar-refractivity contribution >= 4 is 12.1 Å². The molecule has 2 aromatic heterocycles. The van der Waals surface area contributed by atoms with Gasteiger partial charge in [0.05, 0.1) is 30.5 Å². The maximum Gasteiger partial charge on any atom is 0.409 e. The normalized spacial score (nSPS) is 19.7. The van der Waals surface area contributed by atoms with Crippen LogP contribution >= 0.6 is 0 Å². The number of aryl methyl sites for hydroxylation is 1. The third-order valence-corrected chi connectivity index (χ3v) is 7.51. The summed E-state index contributed by atoms with van der Waals surface area (Å²) >= 11 is 0. The van der Waals surface area contributed by atoms with Crippen LogP contribution in [0.5, 0.6) is 5.75 Å². The van der Waals surface area contributed by atoms with Crippen molar-refractivity contribution in [2.24, 2.45) is 13.0 Å². The van der Waals surface area contributed by atoms with Gasteiger partial charge in [0.25, 0.3) is 0 Å². The van der Waals surface area contributed by atoms with Crippen LogP contribution < -0.4 is 4.74 Å². The van der Waals surface area contributed by atoms with Gasteiger partial charge in [-0.15, -0.1) is 5.10 Å². The fraction of sp³-hybridized carbons (Fsp3) is 0.667. The van der Waals surface area contributed by atoms with Gasteiger partial charge < -0.3 is 19.1 Å². The zero-order valence-electron chi connectivity index (χ0n) is 22.4. The number of hydrogen-bond donors (Lipinski definition) is 0. The molecule has 0 spiro atoms. The first-order valence-corrected chi connectivity index (χ1v) is 13.4. The minimum Gasteiger partial charge on any atom is -0.488 e. The summed E-state index contributed by atoms with van der Waals surface area (Å²) in [5.74, 6) is 0.834. The summed E-state index contributed by atoms with van der Waals surface area (Å²) in [6, 6.07) is 3.85. The summed E-state index contributed by atoms with van der Waals surface area (Å²) in [6.07, 6.45) is 8.17. The Bertz CT molecular complexity index is 1080. The van der Waals surface area contributed by atoms with Crippen molar-refractivity contribution in [3.05, 3.63) is 23.5 Å². The van der Waals surface area contributed by atoms with Crippen LogP contribution in [-0.2, 0) is 27.9 Å². The largest absolute Gasteiger partial charge is 0.488 e. The van der Waals surface area contributed by atoms with Crippen LogP contribution in [0.1, 0.15) is 82.0 Å². The van der Waals surface area contributed by atoms with E-state index >= 15 is 0 Å². The van der Waals surface area contributed by atoms with E-state index in [4.69, 9.17) is 19.2 Å². The molecule has 2 saturated carbocycles. The van der Waals surface area contributed by atoms with Crippen LogP contribution in [-0.4, -0.2) is 63.7 Å². The summed E-state index contributed by atoms with van der Waals surface area (Å²) in [5.41, 5.74) is 2.90. The third-order valence-electron chi connectivity index (χ3n) is 7.51. The summed E-state index contributed by atoms with van der Waals surface area (Å²) < 4.78 is 18.6. The Morgan fingerprint density at radius 2 is 1.95 bits per heavy atom. The van der Waals surface area contributed by atoms with Crippen molar-refractivity contribution < 1.29 is 23.8 Å². The zero-order chi connectivity index (χ0) is 26.4. The molecule has 2 aromatic rings. The fourth-order valence-corrected chi connectivity index (χ4v) is 4.94. The van der Waals surface area contributed by atoms with Crippen LogP contribution in [0.3, 0.4) is 0 Å². The molecule has 0 N–H and O–H groups in total. The van der Waals surface area contributed by atoms with Crippen molar-refractivity contribution in [2.75, 3.05) is 20.7 Å². The summed E-state index contributed by atoms with van der Waals surface area (Å²) in [4.78, 5) is 31.1. The number of amides is 1. The molecular formula is C27H39N5O5. The molecule has 10 heteroatoms. The first kappa shape index (κ1) is 26.9. The molecule has 0 aromatic carbocycles. The van der Waals surface area contributed by atoms with Crippen LogP contribution in [0.25, 0.3) is 11.4 Å². The number of ether oxygens (including phenoxy) is 3. The maximum atomic E-state index is 12.4. The van der Waals surface area contributed by atoms with Crippen LogP contribution in [0.4, 0.5) is 4.79 Å². The predicted molar refractivity (Wildman–Crippen MR) is 137 cm³/mol. The van der Waals surface area contributed by atoms with E-state index < -0.39 is 0 Å². The van der Waals surface area contributed by atoms with E-state index in [1.807, 2.05) is 12.1 Å². The molecule has 0 unspecified atom stereocenters. The molecule has 2 aliphatic rings. The van der Waals surface area contributed by atoms with E-state index in [1.54, 1.807) is 23.7 Å². The highest BCUT2D eigenvalue weighted by atomic mass is 16.6. The van der Waals surface area contributed by atoms with Gasteiger partial charge in [-0.05, 0) is 57.1 Å². The number of nitrogens with zero attached hydrogens (tertiary/aromatic N) is 5. The molecule has 2 heterocycles. The summed E-state index contributed by atoms with van der Waals surface area (Å²) in [6.45, 7) is 2.80. The summed E-state index contributed by atoms with van der Waals surface area (Å²) in [7, 11) is 4.97. The van der Waals surface area contributed by atoms with Gasteiger partial charge in [0.15, 0.2) is 0 Å². The Labute approximate surface area is 218 Å². The smallest absolute Gasteiger partial charge is 0.409 e. The highest BCUT2D eigenvalue weighted by molar-refractivity contribution is 5.72. The number of rotatable bonds is 10. The van der Waals surface area contributed by atoms with Crippen LogP contribution in [0, 0.1) is 5.92 Å². The highest BCUT2D eigenvalue weighted by Crippen LogP contribution is 2.42. The lowest BCUT2D eigenvalue weighted by Gasteiger charge is -2.31. The lowest BCUT2D eigenvalue weighted by atomic mass is 9.82. The van der Waals surface area contributed by atoms with Crippen molar-refractivity contribution in [1.82, 2.24) is 24.9 Å². The van der Waals surface area contributed by atoms with Crippen LogP contribution in [0.2, 0.25) is 0 Å². The minimum atomic E-state index is -0.370. The van der Waals surface area contributed by atoms with Gasteiger partial charge >= 0.3 is 12.1 Å². The topological polar surface area (TPSA) is 109 Å². The molecule has 1 amide bonds. The second-order valence-electron chi connectivity index (χ2n) is 10.2. The number of aromatic nitrogens is 4. The number of pyridine rings is 1. The fourth-order valence-electron chi connectivity index (χ4n) is 4.94. The number of hydrogen-bond acceptors (Lipinski definition) is 8. The first-order chi connectivity index (χ1) is 17.9. The van der Waals surface area contributed by atoms with Gasteiger partial charge in [-0.2, -0.15) is 0 Å². The van der Waals surface area contributed by atoms with Crippen molar-refractivity contribution in [2.45, 2.75) is 83.3 Å². The second-order valence-corrected chi connectivity index (χ2v) is 10.2. The first-order valence-electron chi connectivity index (χ1n) is 13.4. The van der Waals surface area contributed by atoms with E-state index in [2.05, 4.69) is 17.2 Å². The Balaban J connectivity index is 1.51. The molecule has 4 rings (SSSR count). The van der Waals surface area contributed by atoms with E-state index in [9.17, 15) is 9.59 Å². The third kappa shape index (κ3) is 6.40. The Morgan fingerprint density at radius 3 is 2.65 bits per heavy atom. The highest BCUT2D eigenvalue weighted by Gasteiger charge is 2.32. The summed E-state index contributed by atoms with van der Waals surface area (Å²) in [5, 5.41) is 8.51. The predicted octanol–water partition coefficient (Wildman–Crippen LogP) is 4.62. The van der Waals surface area contributed by atoms with E-state index in [0.29, 0.717) is 36.0 Å². The van der Waals surface area contributed by atoms with E-state index in [1.165, 1.54) is 13.5 Å². The average molecular weight is 514 g/mol. The molecule has 0 bridgehead atoms. The molecule has 0 radical (unpaired) electrons.